The molecule has 0 fully saturated rings. The molecule has 0 aliphatic heterocycles. The second kappa shape index (κ2) is 7.30. The Morgan fingerprint density at radius 2 is 1.37 bits per heavy atom. The summed E-state index contributed by atoms with van der Waals surface area (Å²) in [5.74, 6) is -0.213. The Kier molecular flexibility index (Phi) is 4.54. The number of fused-ring (bicyclic) bond motifs is 1. The Bertz CT molecular complexity index is 1140. The fourth-order valence-electron chi connectivity index (χ4n) is 3.17. The molecule has 0 unspecified atom stereocenters. The monoisotopic (exact) mass is 350 g/mol. The highest BCUT2D eigenvalue weighted by Crippen LogP contribution is 2.28. The van der Waals surface area contributed by atoms with Gasteiger partial charge in [-0.15, -0.1) is 0 Å². The summed E-state index contributed by atoms with van der Waals surface area (Å²) in [6, 6.07) is 30.4. The van der Waals surface area contributed by atoms with Gasteiger partial charge in [-0.05, 0) is 46.2 Å². The van der Waals surface area contributed by atoms with Crippen LogP contribution in [0.15, 0.2) is 97.1 Å². The van der Waals surface area contributed by atoms with Crippen molar-refractivity contribution in [2.45, 2.75) is 0 Å². The lowest BCUT2D eigenvalue weighted by atomic mass is 9.94. The first kappa shape index (κ1) is 16.8. The molecule has 2 heteroatoms. The summed E-state index contributed by atoms with van der Waals surface area (Å²) >= 11 is 0. The van der Waals surface area contributed by atoms with Crippen molar-refractivity contribution in [1.82, 2.24) is 0 Å². The highest BCUT2D eigenvalue weighted by atomic mass is 16.3. The molecule has 0 amide bonds. The summed E-state index contributed by atoms with van der Waals surface area (Å²) in [4.78, 5) is 13.2. The zero-order valence-electron chi connectivity index (χ0n) is 14.7. The van der Waals surface area contributed by atoms with E-state index >= 15 is 0 Å². The number of allylic oxidation sites excluding steroid dienone is 1. The zero-order chi connectivity index (χ0) is 18.6. The molecule has 0 aliphatic carbocycles. The summed E-state index contributed by atoms with van der Waals surface area (Å²) in [6.07, 6.45) is 1.89. The highest BCUT2D eigenvalue weighted by Gasteiger charge is 2.17. The van der Waals surface area contributed by atoms with Crippen LogP contribution in [0.4, 0.5) is 0 Å². The number of aromatic hydroxyl groups is 1. The minimum absolute atomic E-state index is 0.0113. The van der Waals surface area contributed by atoms with E-state index in [9.17, 15) is 9.90 Å². The summed E-state index contributed by atoms with van der Waals surface area (Å²) in [7, 11) is 0. The van der Waals surface area contributed by atoms with Gasteiger partial charge in [0.25, 0.3) is 0 Å². The van der Waals surface area contributed by atoms with Crippen LogP contribution in [0.2, 0.25) is 0 Å². The first-order valence-electron chi connectivity index (χ1n) is 8.81. The SMILES string of the molecule is O=C(/C(=C/c1ccc2ccccc2c1)c1ccccc1)c1ccccc1O. The lowest BCUT2D eigenvalue weighted by Crippen LogP contribution is -2.03. The first-order valence-corrected chi connectivity index (χ1v) is 8.81. The molecule has 4 aromatic carbocycles. The molecule has 4 rings (SSSR count). The smallest absolute Gasteiger partial charge is 0.197 e. The second-order valence-electron chi connectivity index (χ2n) is 6.38. The lowest BCUT2D eigenvalue weighted by molar-refractivity contribution is 0.105. The molecule has 0 aromatic heterocycles. The number of para-hydroxylation sites is 1. The number of benzene rings is 4. The number of phenolic OH excluding ortho intramolecular Hbond substituents is 1. The van der Waals surface area contributed by atoms with Crippen molar-refractivity contribution in [1.29, 1.82) is 0 Å². The normalized spacial score (nSPS) is 11.5. The van der Waals surface area contributed by atoms with Crippen molar-refractivity contribution in [3.8, 4) is 5.75 Å². The summed E-state index contributed by atoms with van der Waals surface area (Å²) in [5.41, 5.74) is 2.61. The van der Waals surface area contributed by atoms with Crippen molar-refractivity contribution in [3.63, 3.8) is 0 Å². The third-order valence-corrected chi connectivity index (χ3v) is 4.56. The molecule has 0 spiro atoms. The third-order valence-electron chi connectivity index (χ3n) is 4.56. The average molecular weight is 350 g/mol. The number of rotatable bonds is 4. The van der Waals surface area contributed by atoms with E-state index in [1.165, 1.54) is 6.07 Å². The molecular formula is C25H18O2. The quantitative estimate of drug-likeness (QED) is 0.280. The molecule has 4 aromatic rings. The molecule has 0 atom stereocenters. The first-order chi connectivity index (χ1) is 13.2. The molecule has 27 heavy (non-hydrogen) atoms. The van der Waals surface area contributed by atoms with Crippen molar-refractivity contribution in [3.05, 3.63) is 114 Å². The van der Waals surface area contributed by atoms with E-state index in [0.717, 1.165) is 21.9 Å². The number of hydrogen-bond donors (Lipinski definition) is 1. The van der Waals surface area contributed by atoms with E-state index in [0.29, 0.717) is 11.1 Å². The van der Waals surface area contributed by atoms with Crippen molar-refractivity contribution >= 4 is 28.2 Å². The Morgan fingerprint density at radius 1 is 0.704 bits per heavy atom. The van der Waals surface area contributed by atoms with E-state index in [1.807, 2.05) is 60.7 Å². The van der Waals surface area contributed by atoms with Gasteiger partial charge in [-0.3, -0.25) is 4.79 Å². The van der Waals surface area contributed by atoms with Gasteiger partial charge in [0.2, 0.25) is 0 Å². The van der Waals surface area contributed by atoms with Crippen LogP contribution in [0, 0.1) is 0 Å². The van der Waals surface area contributed by atoms with Gasteiger partial charge in [-0.2, -0.15) is 0 Å². The Morgan fingerprint density at radius 3 is 2.15 bits per heavy atom. The maximum Gasteiger partial charge on any atom is 0.197 e. The van der Waals surface area contributed by atoms with Crippen LogP contribution in [-0.4, -0.2) is 10.9 Å². The van der Waals surface area contributed by atoms with Gasteiger partial charge in [0.15, 0.2) is 5.78 Å². The molecule has 0 aliphatic rings. The number of phenols is 1. The lowest BCUT2D eigenvalue weighted by Gasteiger charge is -2.09. The zero-order valence-corrected chi connectivity index (χ0v) is 14.7. The van der Waals surface area contributed by atoms with E-state index in [2.05, 4.69) is 18.2 Å². The number of carbonyl (C=O) groups excluding carboxylic acids is 1. The molecule has 2 nitrogen and oxygen atoms in total. The van der Waals surface area contributed by atoms with Crippen molar-refractivity contribution in [2.75, 3.05) is 0 Å². The predicted molar refractivity (Wildman–Crippen MR) is 111 cm³/mol. The molecule has 0 radical (unpaired) electrons. The standard InChI is InChI=1S/C25H18O2/c26-24-13-7-6-12-22(24)25(27)23(20-9-2-1-3-10-20)17-18-14-15-19-8-4-5-11-21(19)16-18/h1-17,26H/b23-17+. The van der Waals surface area contributed by atoms with Crippen LogP contribution >= 0.6 is 0 Å². The fraction of sp³-hybridized carbons (Fsp3) is 0. The number of hydrogen-bond acceptors (Lipinski definition) is 2. The fourth-order valence-corrected chi connectivity index (χ4v) is 3.17. The van der Waals surface area contributed by atoms with Gasteiger partial charge in [-0.1, -0.05) is 78.9 Å². The van der Waals surface area contributed by atoms with Crippen molar-refractivity contribution < 1.29 is 9.90 Å². The summed E-state index contributed by atoms with van der Waals surface area (Å²) < 4.78 is 0. The van der Waals surface area contributed by atoms with Crippen LogP contribution in [0.5, 0.6) is 5.75 Å². The number of carbonyl (C=O) groups is 1. The molecule has 0 saturated heterocycles. The third kappa shape index (κ3) is 3.51. The molecular weight excluding hydrogens is 332 g/mol. The van der Waals surface area contributed by atoms with Gasteiger partial charge in [0.05, 0.1) is 5.56 Å². The molecule has 130 valence electrons. The van der Waals surface area contributed by atoms with Gasteiger partial charge in [-0.25, -0.2) is 0 Å². The van der Waals surface area contributed by atoms with Crippen LogP contribution in [-0.2, 0) is 0 Å². The van der Waals surface area contributed by atoms with Crippen LogP contribution in [0.25, 0.3) is 22.4 Å². The summed E-state index contributed by atoms with van der Waals surface area (Å²) in [5, 5.41) is 12.4. The minimum atomic E-state index is -0.201. The minimum Gasteiger partial charge on any atom is -0.507 e. The Balaban J connectivity index is 1.86. The van der Waals surface area contributed by atoms with Gasteiger partial charge >= 0.3 is 0 Å². The van der Waals surface area contributed by atoms with Crippen molar-refractivity contribution in [2.24, 2.45) is 0 Å². The maximum atomic E-state index is 13.2. The Hall–Kier alpha value is -3.65. The van der Waals surface area contributed by atoms with E-state index < -0.39 is 0 Å². The number of Topliss-reactive ketones (excluding diaryl/α,β-unsaturated/α-hetero) is 1. The molecule has 0 heterocycles. The largest absolute Gasteiger partial charge is 0.507 e. The van der Waals surface area contributed by atoms with E-state index in [4.69, 9.17) is 0 Å². The molecule has 0 saturated carbocycles. The Labute approximate surface area is 158 Å². The van der Waals surface area contributed by atoms with Gasteiger partial charge < -0.3 is 5.11 Å². The topological polar surface area (TPSA) is 37.3 Å². The second-order valence-corrected chi connectivity index (χ2v) is 6.38. The van der Waals surface area contributed by atoms with E-state index in [1.54, 1.807) is 18.2 Å². The maximum absolute atomic E-state index is 13.2. The number of ketones is 1. The van der Waals surface area contributed by atoms with E-state index in [-0.39, 0.29) is 11.5 Å². The van der Waals surface area contributed by atoms with Crippen LogP contribution < -0.4 is 0 Å². The highest BCUT2D eigenvalue weighted by molar-refractivity contribution is 6.33. The van der Waals surface area contributed by atoms with Gasteiger partial charge in [0, 0.05) is 5.57 Å². The predicted octanol–water partition coefficient (Wildman–Crippen LogP) is 5.97. The van der Waals surface area contributed by atoms with Crippen LogP contribution in [0.3, 0.4) is 0 Å². The molecule has 1 N–H and O–H groups in total. The van der Waals surface area contributed by atoms with Gasteiger partial charge in [0.1, 0.15) is 5.75 Å². The molecule has 0 bridgehead atoms. The average Bonchev–Trinajstić information content (AvgIpc) is 2.72. The summed E-state index contributed by atoms with van der Waals surface area (Å²) in [6.45, 7) is 0. The van der Waals surface area contributed by atoms with Crippen LogP contribution in [0.1, 0.15) is 21.5 Å².